The fraction of sp³-hybridized carbons (Fsp3) is 0.167. The Morgan fingerprint density at radius 3 is 2.72 bits per heavy atom. The van der Waals surface area contributed by atoms with Crippen molar-refractivity contribution in [1.29, 1.82) is 0 Å². The number of hydrogen-bond donors (Lipinski definition) is 2. The summed E-state index contributed by atoms with van der Waals surface area (Å²) in [6.07, 6.45) is 1.42. The Morgan fingerprint density at radius 2 is 2.17 bits per heavy atom. The van der Waals surface area contributed by atoms with E-state index >= 15 is 0 Å². The molecule has 18 heavy (non-hydrogen) atoms. The maximum absolute atomic E-state index is 14.1. The van der Waals surface area contributed by atoms with Crippen molar-refractivity contribution < 1.29 is 13.5 Å². The zero-order chi connectivity index (χ0) is 13.1. The standard InChI is InChI=1S/C12H12ClFN2O2/c1-17-9-4-2-3-7(10(9)14)11(16-15)8-5-6-18-12(8)13/h2-6,11,16H,15H2,1H3. The van der Waals surface area contributed by atoms with Crippen molar-refractivity contribution >= 4 is 11.6 Å². The number of methoxy groups -OCH3 is 1. The van der Waals surface area contributed by atoms with E-state index in [1.165, 1.54) is 19.4 Å². The van der Waals surface area contributed by atoms with Crippen LogP contribution in [0.2, 0.25) is 5.22 Å². The van der Waals surface area contributed by atoms with Crippen LogP contribution in [0.3, 0.4) is 0 Å². The first kappa shape index (κ1) is 12.9. The highest BCUT2D eigenvalue weighted by molar-refractivity contribution is 6.29. The lowest BCUT2D eigenvalue weighted by Gasteiger charge is -2.17. The van der Waals surface area contributed by atoms with Gasteiger partial charge in [0.15, 0.2) is 16.8 Å². The van der Waals surface area contributed by atoms with Gasteiger partial charge in [0.2, 0.25) is 0 Å². The van der Waals surface area contributed by atoms with E-state index < -0.39 is 11.9 Å². The average molecular weight is 271 g/mol. The molecule has 96 valence electrons. The topological polar surface area (TPSA) is 60.4 Å². The third-order valence-electron chi connectivity index (χ3n) is 2.65. The third kappa shape index (κ3) is 2.20. The molecule has 1 aromatic carbocycles. The molecule has 0 amide bonds. The summed E-state index contributed by atoms with van der Waals surface area (Å²) in [5, 5.41) is 0.167. The van der Waals surface area contributed by atoms with Gasteiger partial charge in [-0.25, -0.2) is 9.82 Å². The molecule has 1 heterocycles. The van der Waals surface area contributed by atoms with E-state index in [0.717, 1.165) is 0 Å². The van der Waals surface area contributed by atoms with E-state index in [1.54, 1.807) is 18.2 Å². The van der Waals surface area contributed by atoms with E-state index in [2.05, 4.69) is 5.43 Å². The Labute approximate surface area is 108 Å². The fourth-order valence-electron chi connectivity index (χ4n) is 1.77. The molecule has 1 unspecified atom stereocenters. The largest absolute Gasteiger partial charge is 0.494 e. The lowest BCUT2D eigenvalue weighted by Crippen LogP contribution is -2.29. The molecule has 0 spiro atoms. The number of nitrogens with two attached hydrogens (primary N) is 1. The van der Waals surface area contributed by atoms with Crippen LogP contribution in [0.25, 0.3) is 0 Å². The van der Waals surface area contributed by atoms with Gasteiger partial charge in [0, 0.05) is 11.1 Å². The van der Waals surface area contributed by atoms with Crippen molar-refractivity contribution in [3.8, 4) is 5.75 Å². The molecule has 1 atom stereocenters. The van der Waals surface area contributed by atoms with Crippen LogP contribution >= 0.6 is 11.6 Å². The molecular weight excluding hydrogens is 259 g/mol. The highest BCUT2D eigenvalue weighted by Gasteiger charge is 2.22. The second-order valence-electron chi connectivity index (χ2n) is 3.61. The highest BCUT2D eigenvalue weighted by atomic mass is 35.5. The second kappa shape index (κ2) is 5.39. The molecule has 0 fully saturated rings. The van der Waals surface area contributed by atoms with Crippen molar-refractivity contribution in [3.63, 3.8) is 0 Å². The molecule has 0 aliphatic heterocycles. The second-order valence-corrected chi connectivity index (χ2v) is 3.96. The van der Waals surface area contributed by atoms with Gasteiger partial charge in [0.1, 0.15) is 0 Å². The molecule has 1 aromatic heterocycles. The summed E-state index contributed by atoms with van der Waals surface area (Å²) in [5.41, 5.74) is 3.41. The van der Waals surface area contributed by atoms with E-state index in [4.69, 9.17) is 26.6 Å². The van der Waals surface area contributed by atoms with Crippen molar-refractivity contribution in [2.24, 2.45) is 5.84 Å². The monoisotopic (exact) mass is 270 g/mol. The first-order chi connectivity index (χ1) is 8.69. The molecule has 6 heteroatoms. The average Bonchev–Trinajstić information content (AvgIpc) is 2.79. The molecule has 2 rings (SSSR count). The van der Waals surface area contributed by atoms with Crippen LogP contribution in [0, 0.1) is 5.82 Å². The van der Waals surface area contributed by atoms with Crippen molar-refractivity contribution in [2.75, 3.05) is 7.11 Å². The Bertz CT molecular complexity index is 545. The number of nitrogens with one attached hydrogen (secondary N) is 1. The smallest absolute Gasteiger partial charge is 0.198 e. The molecule has 4 nitrogen and oxygen atoms in total. The van der Waals surface area contributed by atoms with Crippen LogP contribution < -0.4 is 16.0 Å². The number of hydrazine groups is 1. The van der Waals surface area contributed by atoms with E-state index in [9.17, 15) is 4.39 Å². The SMILES string of the molecule is COc1cccc(C(NN)c2ccoc2Cl)c1F. The molecule has 0 aliphatic rings. The van der Waals surface area contributed by atoms with Gasteiger partial charge in [-0.3, -0.25) is 5.84 Å². The predicted octanol–water partition coefficient (Wildman–Crippen LogP) is 2.63. The van der Waals surface area contributed by atoms with Gasteiger partial charge in [0.25, 0.3) is 0 Å². The van der Waals surface area contributed by atoms with Crippen LogP contribution in [0.4, 0.5) is 4.39 Å². The summed E-state index contributed by atoms with van der Waals surface area (Å²) in [7, 11) is 1.40. The van der Waals surface area contributed by atoms with Crippen LogP contribution in [-0.2, 0) is 0 Å². The lowest BCUT2D eigenvalue weighted by molar-refractivity contribution is 0.381. The third-order valence-corrected chi connectivity index (χ3v) is 2.96. The molecule has 3 N–H and O–H groups in total. The molecule has 0 saturated carbocycles. The Balaban J connectivity index is 2.49. The predicted molar refractivity (Wildman–Crippen MR) is 65.8 cm³/mol. The van der Waals surface area contributed by atoms with Crippen LogP contribution in [-0.4, -0.2) is 7.11 Å². The summed E-state index contributed by atoms with van der Waals surface area (Å²) in [5.74, 6) is 5.13. The van der Waals surface area contributed by atoms with Gasteiger partial charge in [0.05, 0.1) is 19.4 Å². The van der Waals surface area contributed by atoms with Crippen LogP contribution in [0.1, 0.15) is 17.2 Å². The number of furan rings is 1. The lowest BCUT2D eigenvalue weighted by atomic mass is 10.0. The molecule has 0 bridgehead atoms. The van der Waals surface area contributed by atoms with Gasteiger partial charge in [-0.15, -0.1) is 0 Å². The van der Waals surface area contributed by atoms with Gasteiger partial charge in [-0.1, -0.05) is 12.1 Å². The molecular formula is C12H12ClFN2O2. The minimum absolute atomic E-state index is 0.146. The first-order valence-electron chi connectivity index (χ1n) is 5.20. The number of hydrogen-bond acceptors (Lipinski definition) is 4. The quantitative estimate of drug-likeness (QED) is 0.662. The summed E-state index contributed by atoms with van der Waals surface area (Å²) >= 11 is 5.87. The molecule has 0 aliphatic carbocycles. The van der Waals surface area contributed by atoms with E-state index in [1.807, 2.05) is 0 Å². The van der Waals surface area contributed by atoms with Gasteiger partial charge >= 0.3 is 0 Å². The summed E-state index contributed by atoms with van der Waals surface area (Å²) in [6.45, 7) is 0. The Kier molecular flexibility index (Phi) is 3.86. The van der Waals surface area contributed by atoms with Crippen molar-refractivity contribution in [1.82, 2.24) is 5.43 Å². The van der Waals surface area contributed by atoms with Gasteiger partial charge in [-0.2, -0.15) is 0 Å². The minimum atomic E-state index is -0.605. The zero-order valence-corrected chi connectivity index (χ0v) is 10.4. The van der Waals surface area contributed by atoms with E-state index in [-0.39, 0.29) is 11.0 Å². The minimum Gasteiger partial charge on any atom is -0.494 e. The van der Waals surface area contributed by atoms with Gasteiger partial charge < -0.3 is 9.15 Å². The van der Waals surface area contributed by atoms with Gasteiger partial charge in [-0.05, 0) is 23.7 Å². The summed E-state index contributed by atoms with van der Waals surface area (Å²) < 4.78 is 24.0. The first-order valence-corrected chi connectivity index (χ1v) is 5.58. The number of benzene rings is 1. The maximum atomic E-state index is 14.1. The summed E-state index contributed by atoms with van der Waals surface area (Å²) in [4.78, 5) is 0. The number of ether oxygens (including phenoxy) is 1. The number of rotatable bonds is 4. The maximum Gasteiger partial charge on any atom is 0.198 e. The summed E-state index contributed by atoms with van der Waals surface area (Å²) in [6, 6.07) is 5.84. The normalized spacial score (nSPS) is 12.4. The zero-order valence-electron chi connectivity index (χ0n) is 9.61. The molecule has 0 radical (unpaired) electrons. The Hall–Kier alpha value is -1.56. The highest BCUT2D eigenvalue weighted by Crippen LogP contribution is 2.32. The van der Waals surface area contributed by atoms with Crippen LogP contribution in [0.15, 0.2) is 34.9 Å². The Morgan fingerprint density at radius 1 is 1.39 bits per heavy atom. The fourth-order valence-corrected chi connectivity index (χ4v) is 1.99. The molecule has 2 aromatic rings. The molecule has 0 saturated heterocycles. The number of halogens is 2. The van der Waals surface area contributed by atoms with Crippen molar-refractivity contribution in [2.45, 2.75) is 6.04 Å². The van der Waals surface area contributed by atoms with E-state index in [0.29, 0.717) is 11.1 Å². The van der Waals surface area contributed by atoms with Crippen LogP contribution in [0.5, 0.6) is 5.75 Å². The van der Waals surface area contributed by atoms with Crippen molar-refractivity contribution in [3.05, 3.63) is 52.7 Å².